The molecule has 0 saturated carbocycles. The zero-order valence-electron chi connectivity index (χ0n) is 21.1. The van der Waals surface area contributed by atoms with Crippen LogP contribution in [-0.4, -0.2) is 30.1 Å². The molecule has 8 nitrogen and oxygen atoms in total. The summed E-state index contributed by atoms with van der Waals surface area (Å²) < 4.78 is 3.22. The number of benzene rings is 2. The number of hydrogen-bond donors (Lipinski definition) is 1. The maximum absolute atomic E-state index is 14.1. The van der Waals surface area contributed by atoms with Crippen LogP contribution in [0.1, 0.15) is 45.3 Å². The molecule has 0 fully saturated rings. The van der Waals surface area contributed by atoms with Crippen LogP contribution in [0.2, 0.25) is 0 Å². The SMILES string of the molecule is Cc1nn2cccnc2c1C(=O)NC(C)c1cc2cccc(C#Cc3nccs3)c2c(=O)n1-c1ccccc1. The first kappa shape index (κ1) is 24.3. The lowest BCUT2D eigenvalue weighted by molar-refractivity contribution is 0.0939. The summed E-state index contributed by atoms with van der Waals surface area (Å²) >= 11 is 1.45. The minimum absolute atomic E-state index is 0.215. The predicted molar refractivity (Wildman–Crippen MR) is 151 cm³/mol. The van der Waals surface area contributed by atoms with Crippen molar-refractivity contribution in [2.24, 2.45) is 0 Å². The molecule has 6 aromatic rings. The van der Waals surface area contributed by atoms with Crippen molar-refractivity contribution in [3.8, 4) is 17.5 Å². The zero-order chi connectivity index (χ0) is 26.9. The highest BCUT2D eigenvalue weighted by atomic mass is 32.1. The van der Waals surface area contributed by atoms with E-state index >= 15 is 0 Å². The highest BCUT2D eigenvalue weighted by Crippen LogP contribution is 2.24. The van der Waals surface area contributed by atoms with Gasteiger partial charge in [0.05, 0.1) is 17.1 Å². The first-order chi connectivity index (χ1) is 19.0. The fourth-order valence-electron chi connectivity index (χ4n) is 4.66. The second-order valence-corrected chi connectivity index (χ2v) is 9.84. The molecular weight excluding hydrogens is 508 g/mol. The van der Waals surface area contributed by atoms with Gasteiger partial charge in [-0.25, -0.2) is 14.5 Å². The summed E-state index contributed by atoms with van der Waals surface area (Å²) in [6, 6.07) is 18.2. The van der Waals surface area contributed by atoms with Crippen LogP contribution in [0.3, 0.4) is 0 Å². The number of thiazole rings is 1. The lowest BCUT2D eigenvalue weighted by Crippen LogP contribution is -2.32. The number of carbonyl (C=O) groups is 1. The van der Waals surface area contributed by atoms with Gasteiger partial charge in [0.1, 0.15) is 5.56 Å². The Bertz CT molecular complexity index is 1960. The molecule has 0 saturated heterocycles. The van der Waals surface area contributed by atoms with Crippen LogP contribution in [0.15, 0.2) is 89.4 Å². The third kappa shape index (κ3) is 4.47. The summed E-state index contributed by atoms with van der Waals surface area (Å²) in [6.45, 7) is 3.64. The van der Waals surface area contributed by atoms with Gasteiger partial charge in [-0.1, -0.05) is 36.3 Å². The van der Waals surface area contributed by atoms with Crippen molar-refractivity contribution in [3.63, 3.8) is 0 Å². The molecule has 0 aliphatic rings. The van der Waals surface area contributed by atoms with Crippen molar-refractivity contribution in [2.75, 3.05) is 0 Å². The van der Waals surface area contributed by atoms with E-state index in [1.807, 2.05) is 66.9 Å². The number of carbonyl (C=O) groups excluding carboxylic acids is 1. The fraction of sp³-hybridized carbons (Fsp3) is 0.100. The topological polar surface area (TPSA) is 94.2 Å². The van der Waals surface area contributed by atoms with E-state index in [0.29, 0.717) is 44.2 Å². The predicted octanol–water partition coefficient (Wildman–Crippen LogP) is 4.69. The number of nitrogens with one attached hydrogen (secondary N) is 1. The molecule has 1 unspecified atom stereocenters. The van der Waals surface area contributed by atoms with Gasteiger partial charge < -0.3 is 5.32 Å². The molecule has 4 heterocycles. The van der Waals surface area contributed by atoms with Crippen molar-refractivity contribution in [1.29, 1.82) is 0 Å². The van der Waals surface area contributed by atoms with Crippen LogP contribution >= 0.6 is 11.3 Å². The van der Waals surface area contributed by atoms with Crippen LogP contribution < -0.4 is 10.9 Å². The summed E-state index contributed by atoms with van der Waals surface area (Å²) in [5.41, 5.74) is 3.18. The van der Waals surface area contributed by atoms with Gasteiger partial charge in [-0.2, -0.15) is 5.10 Å². The zero-order valence-corrected chi connectivity index (χ0v) is 21.9. The quantitative estimate of drug-likeness (QED) is 0.334. The number of nitrogens with zero attached hydrogens (tertiary/aromatic N) is 5. The van der Waals surface area contributed by atoms with Crippen LogP contribution in [0, 0.1) is 18.8 Å². The number of fused-ring (bicyclic) bond motifs is 2. The van der Waals surface area contributed by atoms with Gasteiger partial charge in [-0.15, -0.1) is 11.3 Å². The Morgan fingerprint density at radius 2 is 1.87 bits per heavy atom. The number of pyridine rings is 1. The van der Waals surface area contributed by atoms with E-state index < -0.39 is 6.04 Å². The van der Waals surface area contributed by atoms with Gasteiger partial charge in [0, 0.05) is 40.9 Å². The Hall–Kier alpha value is -5.07. The van der Waals surface area contributed by atoms with E-state index in [9.17, 15) is 9.59 Å². The molecule has 39 heavy (non-hydrogen) atoms. The maximum atomic E-state index is 14.1. The van der Waals surface area contributed by atoms with E-state index in [4.69, 9.17) is 0 Å². The number of amides is 1. The minimum atomic E-state index is -0.516. The van der Waals surface area contributed by atoms with Gasteiger partial charge in [0.2, 0.25) is 0 Å². The summed E-state index contributed by atoms with van der Waals surface area (Å²) in [5.74, 6) is 5.87. The van der Waals surface area contributed by atoms with Crippen molar-refractivity contribution in [1.82, 2.24) is 29.5 Å². The van der Waals surface area contributed by atoms with Crippen LogP contribution in [-0.2, 0) is 0 Å². The lowest BCUT2D eigenvalue weighted by Gasteiger charge is -2.21. The molecule has 0 aliphatic carbocycles. The normalized spacial score (nSPS) is 11.7. The van der Waals surface area contributed by atoms with Crippen LogP contribution in [0.4, 0.5) is 0 Å². The Morgan fingerprint density at radius 3 is 2.67 bits per heavy atom. The van der Waals surface area contributed by atoms with Crippen molar-refractivity contribution >= 4 is 33.7 Å². The highest BCUT2D eigenvalue weighted by molar-refractivity contribution is 7.10. The smallest absolute Gasteiger partial charge is 0.264 e. The molecule has 0 aliphatic heterocycles. The Morgan fingerprint density at radius 1 is 1.03 bits per heavy atom. The minimum Gasteiger partial charge on any atom is -0.344 e. The molecule has 1 atom stereocenters. The standard InChI is InChI=1S/C30H22N6O2S/c1-19(33-29(37)26-20(2)34-35-16-7-14-32-28(26)35)24-18-22-9-6-8-21(12-13-25-31-15-17-39-25)27(22)30(38)36(24)23-10-4-3-5-11-23/h3-11,14-19H,1-2H3,(H,33,37). The molecule has 0 bridgehead atoms. The Labute approximate surface area is 227 Å². The van der Waals surface area contributed by atoms with Gasteiger partial charge >= 0.3 is 0 Å². The van der Waals surface area contributed by atoms with Crippen molar-refractivity contribution in [3.05, 3.63) is 123 Å². The van der Waals surface area contributed by atoms with Gasteiger partial charge in [0.25, 0.3) is 11.5 Å². The maximum Gasteiger partial charge on any atom is 0.264 e. The third-order valence-electron chi connectivity index (χ3n) is 6.41. The number of rotatable bonds is 4. The van der Waals surface area contributed by atoms with Gasteiger partial charge in [-0.3, -0.25) is 14.2 Å². The number of hydrogen-bond acceptors (Lipinski definition) is 6. The molecule has 1 N–H and O–H groups in total. The molecule has 6 rings (SSSR count). The van der Waals surface area contributed by atoms with E-state index in [2.05, 4.69) is 32.2 Å². The third-order valence-corrected chi connectivity index (χ3v) is 7.10. The molecule has 4 aromatic heterocycles. The van der Waals surface area contributed by atoms with Crippen LogP contribution in [0.5, 0.6) is 0 Å². The second-order valence-electron chi connectivity index (χ2n) is 8.95. The number of aryl methyl sites for hydroxylation is 1. The lowest BCUT2D eigenvalue weighted by atomic mass is 10.0. The first-order valence-electron chi connectivity index (χ1n) is 12.3. The Kier molecular flexibility index (Phi) is 6.23. The molecule has 0 spiro atoms. The van der Waals surface area contributed by atoms with Gasteiger partial charge in [0.15, 0.2) is 10.7 Å². The van der Waals surface area contributed by atoms with E-state index in [1.54, 1.807) is 40.7 Å². The number of para-hydroxylation sites is 1. The summed E-state index contributed by atoms with van der Waals surface area (Å²) in [5, 5.41) is 11.3. The van der Waals surface area contributed by atoms with Crippen molar-refractivity contribution < 1.29 is 4.79 Å². The monoisotopic (exact) mass is 530 g/mol. The number of aromatic nitrogens is 5. The Balaban J connectivity index is 1.48. The first-order valence-corrected chi connectivity index (χ1v) is 13.2. The van der Waals surface area contributed by atoms with E-state index in [1.165, 1.54) is 11.3 Å². The summed E-state index contributed by atoms with van der Waals surface area (Å²) in [4.78, 5) is 36.1. The fourth-order valence-corrected chi connectivity index (χ4v) is 5.14. The molecule has 0 radical (unpaired) electrons. The molecule has 9 heteroatoms. The molecule has 2 aromatic carbocycles. The van der Waals surface area contributed by atoms with E-state index in [-0.39, 0.29) is 11.5 Å². The highest BCUT2D eigenvalue weighted by Gasteiger charge is 2.23. The summed E-state index contributed by atoms with van der Waals surface area (Å²) in [7, 11) is 0. The average molecular weight is 531 g/mol. The summed E-state index contributed by atoms with van der Waals surface area (Å²) in [6.07, 6.45) is 5.08. The van der Waals surface area contributed by atoms with E-state index in [0.717, 1.165) is 5.39 Å². The molecule has 1 amide bonds. The average Bonchev–Trinajstić information content (AvgIpc) is 3.59. The van der Waals surface area contributed by atoms with Crippen LogP contribution in [0.25, 0.3) is 22.1 Å². The molecular formula is C30H22N6O2S. The second kappa shape index (κ2) is 10.0. The molecule has 190 valence electrons. The van der Waals surface area contributed by atoms with Crippen molar-refractivity contribution in [2.45, 2.75) is 19.9 Å². The van der Waals surface area contributed by atoms with Gasteiger partial charge in [-0.05, 0) is 55.5 Å². The largest absolute Gasteiger partial charge is 0.344 e.